The molecule has 96 valence electrons. The fourth-order valence-corrected chi connectivity index (χ4v) is 2.34. The average Bonchev–Trinajstić information content (AvgIpc) is 2.77. The zero-order valence-electron chi connectivity index (χ0n) is 10.6. The lowest BCUT2D eigenvalue weighted by Crippen LogP contribution is -2.23. The molecule has 1 atom stereocenters. The maximum Gasteiger partial charge on any atom is 0.139 e. The van der Waals surface area contributed by atoms with E-state index < -0.39 is 0 Å². The highest BCUT2D eigenvalue weighted by Crippen LogP contribution is 2.29. The number of rotatable bonds is 5. The topological polar surface area (TPSA) is 38.1 Å². The minimum absolute atomic E-state index is 0.0658. The largest absolute Gasteiger partial charge is 0.466 e. The lowest BCUT2D eigenvalue weighted by atomic mass is 10.0. The Labute approximate surface area is 116 Å². The molecule has 0 fully saturated rings. The van der Waals surface area contributed by atoms with Crippen LogP contribution in [0.2, 0.25) is 0 Å². The Hall–Kier alpha value is -1.13. The van der Waals surface area contributed by atoms with E-state index >= 15 is 0 Å². The van der Waals surface area contributed by atoms with E-state index in [9.17, 15) is 0 Å². The zero-order valence-corrected chi connectivity index (χ0v) is 12.2. The summed E-state index contributed by atoms with van der Waals surface area (Å²) in [6.45, 7) is 5.09. The molecule has 0 spiro atoms. The lowest BCUT2D eigenvalue weighted by Gasteiger charge is -2.17. The van der Waals surface area contributed by atoms with E-state index in [-0.39, 0.29) is 6.04 Å². The Morgan fingerprint density at radius 2 is 2.28 bits per heavy atom. The van der Waals surface area contributed by atoms with E-state index in [0.29, 0.717) is 0 Å². The Balaban J connectivity index is 2.33. The smallest absolute Gasteiger partial charge is 0.139 e. The molecule has 2 heterocycles. The van der Waals surface area contributed by atoms with Gasteiger partial charge in [0.2, 0.25) is 0 Å². The van der Waals surface area contributed by atoms with Crippen molar-refractivity contribution in [1.29, 1.82) is 0 Å². The van der Waals surface area contributed by atoms with Crippen LogP contribution < -0.4 is 5.32 Å². The van der Waals surface area contributed by atoms with Crippen LogP contribution >= 0.6 is 15.9 Å². The van der Waals surface area contributed by atoms with Gasteiger partial charge in [0.1, 0.15) is 5.76 Å². The third-order valence-corrected chi connectivity index (χ3v) is 3.41. The van der Waals surface area contributed by atoms with Crippen LogP contribution in [-0.2, 0) is 0 Å². The summed E-state index contributed by atoms with van der Waals surface area (Å²) in [7, 11) is 0. The second-order valence-electron chi connectivity index (χ2n) is 4.25. The van der Waals surface area contributed by atoms with Gasteiger partial charge in [-0.3, -0.25) is 4.98 Å². The van der Waals surface area contributed by atoms with Crippen LogP contribution in [0.25, 0.3) is 0 Å². The van der Waals surface area contributed by atoms with Gasteiger partial charge in [-0.15, -0.1) is 0 Å². The van der Waals surface area contributed by atoms with Crippen molar-refractivity contribution in [2.24, 2.45) is 0 Å². The summed E-state index contributed by atoms with van der Waals surface area (Å²) in [6, 6.07) is 6.10. The van der Waals surface area contributed by atoms with Crippen molar-refractivity contribution in [2.75, 3.05) is 6.54 Å². The molecule has 1 unspecified atom stereocenters. The van der Waals surface area contributed by atoms with E-state index in [1.54, 1.807) is 6.26 Å². The van der Waals surface area contributed by atoms with Gasteiger partial charge < -0.3 is 9.73 Å². The highest BCUT2D eigenvalue weighted by Gasteiger charge is 2.19. The second-order valence-corrected chi connectivity index (χ2v) is 5.10. The fraction of sp³-hybridized carbons (Fsp3) is 0.357. The number of aryl methyl sites for hydroxylation is 1. The van der Waals surface area contributed by atoms with Crippen LogP contribution in [-0.4, -0.2) is 11.5 Å². The summed E-state index contributed by atoms with van der Waals surface area (Å²) in [5.74, 6) is 0.911. The molecule has 18 heavy (non-hydrogen) atoms. The van der Waals surface area contributed by atoms with E-state index in [1.807, 2.05) is 25.3 Å². The molecule has 0 radical (unpaired) electrons. The second kappa shape index (κ2) is 6.16. The van der Waals surface area contributed by atoms with Gasteiger partial charge >= 0.3 is 0 Å². The molecule has 0 amide bonds. The first-order valence-electron chi connectivity index (χ1n) is 6.11. The molecule has 2 aromatic rings. The van der Waals surface area contributed by atoms with Gasteiger partial charge in [0.15, 0.2) is 0 Å². The van der Waals surface area contributed by atoms with Crippen LogP contribution in [0.3, 0.4) is 0 Å². The maximum absolute atomic E-state index is 5.59. The molecule has 0 aliphatic carbocycles. The van der Waals surface area contributed by atoms with Crippen molar-refractivity contribution in [3.05, 3.63) is 52.1 Å². The molecule has 2 aromatic heterocycles. The molecular weight excluding hydrogens is 292 g/mol. The summed E-state index contributed by atoms with van der Waals surface area (Å²) in [5.41, 5.74) is 2.19. The Bertz CT molecular complexity index is 510. The minimum Gasteiger partial charge on any atom is -0.466 e. The molecular formula is C14H17BrN2O. The summed E-state index contributed by atoms with van der Waals surface area (Å²) < 4.78 is 6.58. The number of pyridine rings is 1. The summed E-state index contributed by atoms with van der Waals surface area (Å²) >= 11 is 3.53. The third-order valence-electron chi connectivity index (χ3n) is 2.76. The van der Waals surface area contributed by atoms with E-state index in [1.165, 1.54) is 5.56 Å². The predicted octanol–water partition coefficient (Wildman–Crippen LogP) is 3.83. The number of halogens is 1. The summed E-state index contributed by atoms with van der Waals surface area (Å²) in [6.07, 6.45) is 4.62. The van der Waals surface area contributed by atoms with Gasteiger partial charge in [-0.1, -0.05) is 6.92 Å². The van der Waals surface area contributed by atoms with Gasteiger partial charge in [0, 0.05) is 11.9 Å². The number of nitrogens with one attached hydrogen (secondary N) is 1. The molecule has 0 aliphatic rings. The standard InChI is InChI=1S/C14H17BrN2O/c1-3-6-17-13(14-12(15)5-8-18-14)11-4-7-16-10(2)9-11/h4-5,7-9,13,17H,3,6H2,1-2H3. The summed E-state index contributed by atoms with van der Waals surface area (Å²) in [5, 5.41) is 3.50. The van der Waals surface area contributed by atoms with Crippen LogP contribution in [0.4, 0.5) is 0 Å². The van der Waals surface area contributed by atoms with Crippen molar-refractivity contribution in [3.63, 3.8) is 0 Å². The molecule has 0 aromatic carbocycles. The van der Waals surface area contributed by atoms with E-state index in [2.05, 4.69) is 39.2 Å². The number of hydrogen-bond donors (Lipinski definition) is 1. The Morgan fingerprint density at radius 3 is 2.89 bits per heavy atom. The maximum atomic E-state index is 5.59. The fourth-order valence-electron chi connectivity index (χ4n) is 1.91. The quantitative estimate of drug-likeness (QED) is 0.912. The normalized spacial score (nSPS) is 12.6. The molecule has 4 heteroatoms. The highest BCUT2D eigenvalue weighted by atomic mass is 79.9. The van der Waals surface area contributed by atoms with Crippen molar-refractivity contribution in [2.45, 2.75) is 26.3 Å². The van der Waals surface area contributed by atoms with E-state index in [0.717, 1.165) is 28.9 Å². The number of hydrogen-bond acceptors (Lipinski definition) is 3. The number of furan rings is 1. The Kier molecular flexibility index (Phi) is 4.55. The minimum atomic E-state index is 0.0658. The van der Waals surface area contributed by atoms with Crippen LogP contribution in [0.15, 0.2) is 39.5 Å². The molecule has 3 nitrogen and oxygen atoms in total. The zero-order chi connectivity index (χ0) is 13.0. The molecule has 0 aliphatic heterocycles. The van der Waals surface area contributed by atoms with Crippen molar-refractivity contribution < 1.29 is 4.42 Å². The van der Waals surface area contributed by atoms with Crippen molar-refractivity contribution >= 4 is 15.9 Å². The first-order chi connectivity index (χ1) is 8.72. The SMILES string of the molecule is CCCNC(c1ccnc(C)c1)c1occc1Br. The molecule has 0 bridgehead atoms. The third kappa shape index (κ3) is 3.00. The molecule has 0 saturated heterocycles. The predicted molar refractivity (Wildman–Crippen MR) is 75.5 cm³/mol. The lowest BCUT2D eigenvalue weighted by molar-refractivity contribution is 0.444. The monoisotopic (exact) mass is 308 g/mol. The molecule has 2 rings (SSSR count). The van der Waals surface area contributed by atoms with Gasteiger partial charge in [-0.05, 0) is 59.6 Å². The Morgan fingerprint density at radius 1 is 1.44 bits per heavy atom. The van der Waals surface area contributed by atoms with Gasteiger partial charge in [0.25, 0.3) is 0 Å². The van der Waals surface area contributed by atoms with Crippen molar-refractivity contribution in [1.82, 2.24) is 10.3 Å². The summed E-state index contributed by atoms with van der Waals surface area (Å²) in [4.78, 5) is 4.24. The van der Waals surface area contributed by atoms with Crippen molar-refractivity contribution in [3.8, 4) is 0 Å². The van der Waals surface area contributed by atoms with Gasteiger partial charge in [0.05, 0.1) is 16.8 Å². The first-order valence-corrected chi connectivity index (χ1v) is 6.90. The average molecular weight is 309 g/mol. The van der Waals surface area contributed by atoms with Crippen LogP contribution in [0.1, 0.15) is 36.4 Å². The van der Waals surface area contributed by atoms with Crippen LogP contribution in [0.5, 0.6) is 0 Å². The number of aromatic nitrogens is 1. The highest BCUT2D eigenvalue weighted by molar-refractivity contribution is 9.10. The molecule has 0 saturated carbocycles. The first kappa shape index (κ1) is 13.3. The number of nitrogens with zero attached hydrogens (tertiary/aromatic N) is 1. The van der Waals surface area contributed by atoms with Gasteiger partial charge in [-0.2, -0.15) is 0 Å². The van der Waals surface area contributed by atoms with Gasteiger partial charge in [-0.25, -0.2) is 0 Å². The van der Waals surface area contributed by atoms with E-state index in [4.69, 9.17) is 4.42 Å². The molecule has 1 N–H and O–H groups in total. The van der Waals surface area contributed by atoms with Crippen LogP contribution in [0, 0.1) is 6.92 Å².